The van der Waals surface area contributed by atoms with Crippen LogP contribution in [0.1, 0.15) is 24.2 Å². The van der Waals surface area contributed by atoms with E-state index in [0.29, 0.717) is 12.1 Å². The zero-order chi connectivity index (χ0) is 14.8. The van der Waals surface area contributed by atoms with Gasteiger partial charge in [0.1, 0.15) is 5.54 Å². The standard InChI is InChI=1S/C12H12F3NO3/c1-12(2,11(18)19-3)16-10(17)6-4-7(13)9(15)8(14)5-6/h4-5H,1-3H3,(H,16,17). The van der Waals surface area contributed by atoms with Crippen molar-refractivity contribution >= 4 is 11.9 Å². The van der Waals surface area contributed by atoms with Crippen molar-refractivity contribution in [1.29, 1.82) is 0 Å². The van der Waals surface area contributed by atoms with E-state index in [-0.39, 0.29) is 0 Å². The number of methoxy groups -OCH3 is 1. The highest BCUT2D eigenvalue weighted by Crippen LogP contribution is 2.15. The molecular weight excluding hydrogens is 263 g/mol. The topological polar surface area (TPSA) is 55.4 Å². The second kappa shape index (κ2) is 5.29. The molecule has 1 rings (SSSR count). The van der Waals surface area contributed by atoms with E-state index in [1.54, 1.807) is 0 Å². The zero-order valence-corrected chi connectivity index (χ0v) is 10.5. The molecule has 0 aliphatic heterocycles. The number of nitrogens with one attached hydrogen (secondary N) is 1. The smallest absolute Gasteiger partial charge is 0.330 e. The molecule has 0 saturated heterocycles. The molecule has 19 heavy (non-hydrogen) atoms. The van der Waals surface area contributed by atoms with Crippen LogP contribution >= 0.6 is 0 Å². The van der Waals surface area contributed by atoms with Crippen molar-refractivity contribution < 1.29 is 27.5 Å². The zero-order valence-electron chi connectivity index (χ0n) is 10.5. The van der Waals surface area contributed by atoms with Gasteiger partial charge >= 0.3 is 5.97 Å². The monoisotopic (exact) mass is 275 g/mol. The van der Waals surface area contributed by atoms with E-state index in [4.69, 9.17) is 0 Å². The summed E-state index contributed by atoms with van der Waals surface area (Å²) in [4.78, 5) is 23.1. The molecule has 104 valence electrons. The first-order chi connectivity index (χ1) is 8.69. The molecule has 0 saturated carbocycles. The number of esters is 1. The molecule has 4 nitrogen and oxygen atoms in total. The van der Waals surface area contributed by atoms with Crippen LogP contribution < -0.4 is 5.32 Å². The van der Waals surface area contributed by atoms with Gasteiger partial charge in [-0.05, 0) is 26.0 Å². The normalized spacial score (nSPS) is 11.1. The molecule has 1 aromatic carbocycles. The van der Waals surface area contributed by atoms with Crippen molar-refractivity contribution in [2.75, 3.05) is 7.11 Å². The number of amides is 1. The molecule has 0 fully saturated rings. The van der Waals surface area contributed by atoms with E-state index < -0.39 is 40.4 Å². The molecule has 0 aromatic heterocycles. The first kappa shape index (κ1) is 15.0. The van der Waals surface area contributed by atoms with E-state index in [1.807, 2.05) is 0 Å². The number of rotatable bonds is 3. The molecule has 0 radical (unpaired) electrons. The first-order valence-corrected chi connectivity index (χ1v) is 5.24. The molecule has 7 heteroatoms. The lowest BCUT2D eigenvalue weighted by molar-refractivity contribution is -0.146. The van der Waals surface area contributed by atoms with Gasteiger partial charge in [0.2, 0.25) is 0 Å². The average Bonchev–Trinajstić information content (AvgIpc) is 2.33. The van der Waals surface area contributed by atoms with Crippen molar-refractivity contribution in [3.8, 4) is 0 Å². The van der Waals surface area contributed by atoms with Crippen molar-refractivity contribution in [2.45, 2.75) is 19.4 Å². The van der Waals surface area contributed by atoms with Crippen molar-refractivity contribution in [2.24, 2.45) is 0 Å². The Morgan fingerprint density at radius 1 is 1.16 bits per heavy atom. The third-order valence-electron chi connectivity index (χ3n) is 2.37. The molecule has 0 spiro atoms. The second-order valence-corrected chi connectivity index (χ2v) is 4.32. The molecule has 1 aromatic rings. The number of carbonyl (C=O) groups excluding carboxylic acids is 2. The summed E-state index contributed by atoms with van der Waals surface area (Å²) in [7, 11) is 1.13. The lowest BCUT2D eigenvalue weighted by Crippen LogP contribution is -2.50. The predicted octanol–water partition coefficient (Wildman–Crippen LogP) is 1.79. The van der Waals surface area contributed by atoms with E-state index in [2.05, 4.69) is 10.1 Å². The fourth-order valence-corrected chi connectivity index (χ4v) is 1.35. The lowest BCUT2D eigenvalue weighted by Gasteiger charge is -2.23. The van der Waals surface area contributed by atoms with Gasteiger partial charge < -0.3 is 10.1 Å². The number of halogens is 3. The Balaban J connectivity index is 3.00. The average molecular weight is 275 g/mol. The Morgan fingerprint density at radius 3 is 2.05 bits per heavy atom. The molecule has 0 aliphatic carbocycles. The predicted molar refractivity (Wildman–Crippen MR) is 59.9 cm³/mol. The van der Waals surface area contributed by atoms with Crippen molar-refractivity contribution in [1.82, 2.24) is 5.32 Å². The third-order valence-corrected chi connectivity index (χ3v) is 2.37. The molecule has 0 heterocycles. The second-order valence-electron chi connectivity index (χ2n) is 4.32. The van der Waals surface area contributed by atoms with Gasteiger partial charge in [-0.25, -0.2) is 18.0 Å². The largest absolute Gasteiger partial charge is 0.467 e. The maximum Gasteiger partial charge on any atom is 0.330 e. The van der Waals surface area contributed by atoms with E-state index in [9.17, 15) is 22.8 Å². The molecule has 0 aliphatic rings. The number of carbonyl (C=O) groups is 2. The quantitative estimate of drug-likeness (QED) is 0.676. The van der Waals surface area contributed by atoms with E-state index in [0.717, 1.165) is 7.11 Å². The van der Waals surface area contributed by atoms with Gasteiger partial charge in [0, 0.05) is 5.56 Å². The highest BCUT2D eigenvalue weighted by atomic mass is 19.2. The summed E-state index contributed by atoms with van der Waals surface area (Å²) < 4.78 is 43.1. The summed E-state index contributed by atoms with van der Waals surface area (Å²) in [6, 6.07) is 1.09. The molecule has 0 atom stereocenters. The fraction of sp³-hybridized carbons (Fsp3) is 0.333. The highest BCUT2D eigenvalue weighted by molar-refractivity contribution is 5.97. The summed E-state index contributed by atoms with van der Waals surface area (Å²) in [5, 5.41) is 2.23. The van der Waals surface area contributed by atoms with Crippen LogP contribution in [0, 0.1) is 17.5 Å². The minimum atomic E-state index is -1.66. The number of benzene rings is 1. The summed E-state index contributed by atoms with van der Waals surface area (Å²) in [6.07, 6.45) is 0. The Hall–Kier alpha value is -2.05. The molecule has 1 amide bonds. The summed E-state index contributed by atoms with van der Waals surface area (Å²) in [5.41, 5.74) is -1.82. The van der Waals surface area contributed by atoms with Crippen LogP contribution in [0.2, 0.25) is 0 Å². The van der Waals surface area contributed by atoms with Crippen LogP contribution in [-0.2, 0) is 9.53 Å². The van der Waals surface area contributed by atoms with Gasteiger partial charge in [-0.15, -0.1) is 0 Å². The van der Waals surface area contributed by atoms with Crippen LogP contribution in [0.5, 0.6) is 0 Å². The van der Waals surface area contributed by atoms with Crippen LogP contribution in [0.15, 0.2) is 12.1 Å². The Bertz CT molecular complexity index is 506. The first-order valence-electron chi connectivity index (χ1n) is 5.24. The molecule has 0 bridgehead atoms. The number of hydrogen-bond donors (Lipinski definition) is 1. The van der Waals surface area contributed by atoms with E-state index >= 15 is 0 Å². The van der Waals surface area contributed by atoms with Gasteiger partial charge in [0.25, 0.3) is 5.91 Å². The number of ether oxygens (including phenoxy) is 1. The molecule has 1 N–H and O–H groups in total. The van der Waals surface area contributed by atoms with Crippen molar-refractivity contribution in [3.05, 3.63) is 35.1 Å². The van der Waals surface area contributed by atoms with Gasteiger partial charge in [0.05, 0.1) is 7.11 Å². The summed E-state index contributed by atoms with van der Waals surface area (Å²) in [5.74, 6) is -6.29. The minimum Gasteiger partial charge on any atom is -0.467 e. The fourth-order valence-electron chi connectivity index (χ4n) is 1.35. The van der Waals surface area contributed by atoms with Gasteiger partial charge in [0.15, 0.2) is 17.5 Å². The van der Waals surface area contributed by atoms with Crippen LogP contribution in [0.3, 0.4) is 0 Å². The van der Waals surface area contributed by atoms with Crippen LogP contribution in [0.25, 0.3) is 0 Å². The summed E-state index contributed by atoms with van der Waals surface area (Å²) in [6.45, 7) is 2.71. The maximum absolute atomic E-state index is 13.0. The SMILES string of the molecule is COC(=O)C(C)(C)NC(=O)c1cc(F)c(F)c(F)c1. The minimum absolute atomic E-state index is 0.437. The van der Waals surface area contributed by atoms with Crippen LogP contribution in [0.4, 0.5) is 13.2 Å². The number of hydrogen-bond acceptors (Lipinski definition) is 3. The Morgan fingerprint density at radius 2 is 1.63 bits per heavy atom. The molecular formula is C12H12F3NO3. The van der Waals surface area contributed by atoms with E-state index in [1.165, 1.54) is 13.8 Å². The van der Waals surface area contributed by atoms with Gasteiger partial charge in [-0.3, -0.25) is 4.79 Å². The molecule has 0 unspecified atom stereocenters. The van der Waals surface area contributed by atoms with Gasteiger partial charge in [-0.1, -0.05) is 0 Å². The lowest BCUT2D eigenvalue weighted by atomic mass is 10.0. The third kappa shape index (κ3) is 3.24. The van der Waals surface area contributed by atoms with Crippen LogP contribution in [-0.4, -0.2) is 24.5 Å². The van der Waals surface area contributed by atoms with Gasteiger partial charge in [-0.2, -0.15) is 0 Å². The Kier molecular flexibility index (Phi) is 4.18. The summed E-state index contributed by atoms with van der Waals surface area (Å²) >= 11 is 0. The highest BCUT2D eigenvalue weighted by Gasteiger charge is 2.31. The maximum atomic E-state index is 13.0. The van der Waals surface area contributed by atoms with Crippen molar-refractivity contribution in [3.63, 3.8) is 0 Å². The Labute approximate surface area is 107 Å².